The van der Waals surface area contributed by atoms with E-state index >= 15 is 0 Å². The summed E-state index contributed by atoms with van der Waals surface area (Å²) in [6.07, 6.45) is 1.92. The van der Waals surface area contributed by atoms with Gasteiger partial charge in [0.15, 0.2) is 5.69 Å². The standard InChI is InChI=1S/C17H17N5O4/c1-3-26-17(24)16-15-7-13-11(8-23)19-20-22(13)14-6-10(25-2)4-5-12(14)21(15)9-18-16/h4-6,9,23H,3,7-8H2,1-2H3. The molecule has 0 aliphatic carbocycles. The summed E-state index contributed by atoms with van der Waals surface area (Å²) in [4.78, 5) is 16.6. The van der Waals surface area contributed by atoms with Crippen molar-refractivity contribution in [1.29, 1.82) is 0 Å². The molecule has 3 heterocycles. The zero-order chi connectivity index (χ0) is 18.3. The number of hydrogen-bond acceptors (Lipinski definition) is 7. The van der Waals surface area contributed by atoms with Gasteiger partial charge < -0.3 is 14.6 Å². The molecule has 2 aromatic heterocycles. The molecule has 0 saturated carbocycles. The Labute approximate surface area is 148 Å². The maximum Gasteiger partial charge on any atom is 0.358 e. The van der Waals surface area contributed by atoms with Crippen LogP contribution in [0.1, 0.15) is 34.5 Å². The molecular weight excluding hydrogens is 338 g/mol. The van der Waals surface area contributed by atoms with E-state index in [1.165, 1.54) is 0 Å². The minimum atomic E-state index is -0.484. The Bertz CT molecular complexity index is 991. The second kappa shape index (κ2) is 6.26. The highest BCUT2D eigenvalue weighted by atomic mass is 16.5. The molecule has 9 nitrogen and oxygen atoms in total. The molecule has 0 amide bonds. The second-order valence-electron chi connectivity index (χ2n) is 5.71. The van der Waals surface area contributed by atoms with E-state index < -0.39 is 5.97 Å². The molecule has 0 spiro atoms. The van der Waals surface area contributed by atoms with Crippen molar-refractivity contribution >= 4 is 5.97 Å². The molecule has 1 aromatic carbocycles. The highest BCUT2D eigenvalue weighted by Crippen LogP contribution is 2.32. The number of aromatic nitrogens is 5. The molecule has 0 saturated heterocycles. The number of aliphatic hydroxyl groups excluding tert-OH is 1. The van der Waals surface area contributed by atoms with Crippen molar-refractivity contribution in [2.45, 2.75) is 20.0 Å². The van der Waals surface area contributed by atoms with Gasteiger partial charge in [0.2, 0.25) is 0 Å². The third kappa shape index (κ3) is 2.36. The summed E-state index contributed by atoms with van der Waals surface area (Å²) in [5, 5.41) is 17.9. The quantitative estimate of drug-likeness (QED) is 0.545. The molecule has 0 unspecified atom stereocenters. The molecule has 0 radical (unpaired) electrons. The van der Waals surface area contributed by atoms with E-state index in [0.29, 0.717) is 29.3 Å². The van der Waals surface area contributed by atoms with E-state index in [1.807, 2.05) is 22.8 Å². The first-order valence-electron chi connectivity index (χ1n) is 8.14. The SMILES string of the molecule is CCOC(=O)c1ncn2c1Cc1c(CO)nnn1-c1cc(OC)ccc1-2. The van der Waals surface area contributed by atoms with Gasteiger partial charge in [-0.2, -0.15) is 0 Å². The van der Waals surface area contributed by atoms with Crippen LogP contribution in [0.3, 0.4) is 0 Å². The predicted octanol–water partition coefficient (Wildman–Crippen LogP) is 1.03. The van der Waals surface area contributed by atoms with E-state index in [-0.39, 0.29) is 18.9 Å². The second-order valence-corrected chi connectivity index (χ2v) is 5.71. The van der Waals surface area contributed by atoms with Gasteiger partial charge in [-0.05, 0) is 19.1 Å². The molecule has 0 bridgehead atoms. The first-order chi connectivity index (χ1) is 12.7. The summed E-state index contributed by atoms with van der Waals surface area (Å²) >= 11 is 0. The first kappa shape index (κ1) is 16.3. The minimum absolute atomic E-state index is 0.243. The molecule has 134 valence electrons. The van der Waals surface area contributed by atoms with Crippen molar-refractivity contribution in [3.8, 4) is 17.1 Å². The van der Waals surface area contributed by atoms with Gasteiger partial charge in [-0.3, -0.25) is 4.57 Å². The summed E-state index contributed by atoms with van der Waals surface area (Å²) in [6, 6.07) is 5.51. The van der Waals surface area contributed by atoms with Crippen LogP contribution in [-0.2, 0) is 17.8 Å². The average molecular weight is 355 g/mol. The van der Waals surface area contributed by atoms with Crippen LogP contribution in [0.4, 0.5) is 0 Å². The van der Waals surface area contributed by atoms with Gasteiger partial charge in [-0.15, -0.1) is 5.10 Å². The van der Waals surface area contributed by atoms with E-state index in [9.17, 15) is 9.90 Å². The topological polar surface area (TPSA) is 104 Å². The number of methoxy groups -OCH3 is 1. The largest absolute Gasteiger partial charge is 0.497 e. The highest BCUT2D eigenvalue weighted by molar-refractivity contribution is 5.89. The summed E-state index contributed by atoms with van der Waals surface area (Å²) in [7, 11) is 1.58. The van der Waals surface area contributed by atoms with Crippen LogP contribution in [-0.4, -0.2) is 49.3 Å². The van der Waals surface area contributed by atoms with Gasteiger partial charge in [0.1, 0.15) is 17.8 Å². The number of imidazole rings is 1. The summed E-state index contributed by atoms with van der Waals surface area (Å²) < 4.78 is 13.9. The van der Waals surface area contributed by atoms with Gasteiger partial charge in [0, 0.05) is 12.5 Å². The molecule has 1 aliphatic heterocycles. The smallest absolute Gasteiger partial charge is 0.358 e. The van der Waals surface area contributed by atoms with Gasteiger partial charge in [-0.25, -0.2) is 14.5 Å². The first-order valence-corrected chi connectivity index (χ1v) is 8.14. The fourth-order valence-electron chi connectivity index (χ4n) is 3.11. The van der Waals surface area contributed by atoms with Crippen LogP contribution in [0.25, 0.3) is 11.4 Å². The number of aliphatic hydroxyl groups is 1. The number of rotatable bonds is 4. The molecule has 0 fully saturated rings. The summed E-state index contributed by atoms with van der Waals surface area (Å²) in [6.45, 7) is 1.76. The number of nitrogens with zero attached hydrogens (tertiary/aromatic N) is 5. The molecule has 9 heteroatoms. The Hall–Kier alpha value is -3.20. The molecular formula is C17H17N5O4. The maximum atomic E-state index is 12.3. The maximum absolute atomic E-state index is 12.3. The van der Waals surface area contributed by atoms with E-state index in [2.05, 4.69) is 15.3 Å². The Morgan fingerprint density at radius 2 is 2.15 bits per heavy atom. The monoisotopic (exact) mass is 355 g/mol. The van der Waals surface area contributed by atoms with Crippen molar-refractivity contribution in [3.05, 3.63) is 47.3 Å². The fraction of sp³-hybridized carbons (Fsp3) is 0.294. The summed E-state index contributed by atoms with van der Waals surface area (Å²) in [5.41, 5.74) is 3.53. The molecule has 0 atom stereocenters. The van der Waals surface area contributed by atoms with Crippen LogP contribution in [0.5, 0.6) is 5.75 Å². The van der Waals surface area contributed by atoms with Crippen molar-refractivity contribution in [1.82, 2.24) is 24.5 Å². The van der Waals surface area contributed by atoms with Gasteiger partial charge in [-0.1, -0.05) is 5.21 Å². The lowest BCUT2D eigenvalue weighted by molar-refractivity contribution is 0.0519. The Balaban J connectivity index is 1.98. The number of hydrogen-bond donors (Lipinski definition) is 1. The third-order valence-electron chi connectivity index (χ3n) is 4.33. The van der Waals surface area contributed by atoms with Crippen molar-refractivity contribution in [3.63, 3.8) is 0 Å². The van der Waals surface area contributed by atoms with E-state index in [0.717, 1.165) is 11.4 Å². The molecule has 1 N–H and O–H groups in total. The van der Waals surface area contributed by atoms with Crippen molar-refractivity contribution < 1.29 is 19.4 Å². The zero-order valence-electron chi connectivity index (χ0n) is 14.3. The molecule has 3 aromatic rings. The minimum Gasteiger partial charge on any atom is -0.497 e. The van der Waals surface area contributed by atoms with Gasteiger partial charge in [0.05, 0.1) is 43.1 Å². The van der Waals surface area contributed by atoms with Crippen LogP contribution >= 0.6 is 0 Å². The molecule has 26 heavy (non-hydrogen) atoms. The number of carbonyl (C=O) groups is 1. The number of esters is 1. The Kier molecular flexibility index (Phi) is 3.92. The fourth-order valence-corrected chi connectivity index (χ4v) is 3.11. The zero-order valence-corrected chi connectivity index (χ0v) is 14.3. The number of carbonyl (C=O) groups excluding carboxylic acids is 1. The lowest BCUT2D eigenvalue weighted by Crippen LogP contribution is -2.11. The molecule has 4 rings (SSSR count). The van der Waals surface area contributed by atoms with Crippen molar-refractivity contribution in [2.75, 3.05) is 13.7 Å². The number of ether oxygens (including phenoxy) is 2. The van der Waals surface area contributed by atoms with Crippen LogP contribution in [0.2, 0.25) is 0 Å². The van der Waals surface area contributed by atoms with Crippen LogP contribution in [0, 0.1) is 0 Å². The lowest BCUT2D eigenvalue weighted by Gasteiger charge is -2.11. The van der Waals surface area contributed by atoms with E-state index in [1.54, 1.807) is 25.0 Å². The lowest BCUT2D eigenvalue weighted by atomic mass is 10.1. The molecule has 1 aliphatic rings. The normalized spacial score (nSPS) is 12.0. The Morgan fingerprint density at radius 1 is 1.31 bits per heavy atom. The van der Waals surface area contributed by atoms with E-state index in [4.69, 9.17) is 9.47 Å². The average Bonchev–Trinajstić information content (AvgIpc) is 3.23. The third-order valence-corrected chi connectivity index (χ3v) is 4.33. The van der Waals surface area contributed by atoms with Crippen molar-refractivity contribution in [2.24, 2.45) is 0 Å². The predicted molar refractivity (Wildman–Crippen MR) is 89.7 cm³/mol. The number of benzene rings is 1. The van der Waals surface area contributed by atoms with Gasteiger partial charge >= 0.3 is 5.97 Å². The number of fused-ring (bicyclic) bond motifs is 5. The highest BCUT2D eigenvalue weighted by Gasteiger charge is 2.28. The Morgan fingerprint density at radius 3 is 2.88 bits per heavy atom. The van der Waals surface area contributed by atoms with Crippen LogP contribution < -0.4 is 4.74 Å². The van der Waals surface area contributed by atoms with Crippen LogP contribution in [0.15, 0.2) is 24.5 Å². The summed E-state index contributed by atoms with van der Waals surface area (Å²) in [5.74, 6) is 0.174. The van der Waals surface area contributed by atoms with Gasteiger partial charge in [0.25, 0.3) is 0 Å².